The average Bonchev–Trinajstić information content (AvgIpc) is 3.06. The third-order valence-electron chi connectivity index (χ3n) is 9.54. The van der Waals surface area contributed by atoms with Gasteiger partial charge < -0.3 is 4.74 Å². The second-order valence-electron chi connectivity index (χ2n) is 10.7. The van der Waals surface area contributed by atoms with Gasteiger partial charge in [-0.3, -0.25) is 9.69 Å². The zero-order chi connectivity index (χ0) is 19.7. The fourth-order valence-electron chi connectivity index (χ4n) is 8.14. The molecular weight excluding hydrogens is 346 g/mol. The molecule has 0 aromatic rings. The van der Waals surface area contributed by atoms with E-state index in [1.807, 2.05) is 0 Å². The third-order valence-corrected chi connectivity index (χ3v) is 9.54. The number of Topliss-reactive ketones (excluding diaryl/α,β-unsaturated/α-hetero) is 1. The van der Waals surface area contributed by atoms with Crippen molar-refractivity contribution >= 4 is 5.78 Å². The van der Waals surface area contributed by atoms with Crippen LogP contribution in [-0.4, -0.2) is 43.5 Å². The summed E-state index contributed by atoms with van der Waals surface area (Å²) in [5, 5.41) is 0. The van der Waals surface area contributed by atoms with Gasteiger partial charge >= 0.3 is 0 Å². The lowest BCUT2D eigenvalue weighted by Gasteiger charge is -2.54. The highest BCUT2D eigenvalue weighted by Gasteiger charge is 2.57. The van der Waals surface area contributed by atoms with Gasteiger partial charge in [-0.1, -0.05) is 40.0 Å². The second kappa shape index (κ2) is 8.76. The number of ketones is 1. The van der Waals surface area contributed by atoms with Crippen molar-refractivity contribution in [3.8, 4) is 0 Å². The molecule has 0 aromatic heterocycles. The molecule has 1 aliphatic heterocycles. The summed E-state index contributed by atoms with van der Waals surface area (Å²) in [5.41, 5.74) is 0.278. The van der Waals surface area contributed by atoms with Crippen LogP contribution in [0.2, 0.25) is 0 Å². The number of hydrogen-bond acceptors (Lipinski definition) is 3. The van der Waals surface area contributed by atoms with Crippen molar-refractivity contribution in [2.24, 2.45) is 40.9 Å². The van der Waals surface area contributed by atoms with Crippen LogP contribution in [0.1, 0.15) is 78.6 Å². The van der Waals surface area contributed by atoms with Gasteiger partial charge in [-0.2, -0.15) is 0 Å². The summed E-state index contributed by atoms with van der Waals surface area (Å²) in [7, 11) is 0. The predicted octanol–water partition coefficient (Wildman–Crippen LogP) is 5.18. The van der Waals surface area contributed by atoms with Gasteiger partial charge in [0.15, 0.2) is 0 Å². The van der Waals surface area contributed by atoms with Crippen molar-refractivity contribution in [3.63, 3.8) is 0 Å². The van der Waals surface area contributed by atoms with Gasteiger partial charge in [0.25, 0.3) is 0 Å². The molecule has 28 heavy (non-hydrogen) atoms. The molecular formula is C25H43NO2. The Kier molecular flexibility index (Phi) is 6.52. The summed E-state index contributed by atoms with van der Waals surface area (Å²) < 4.78 is 5.47. The Labute approximate surface area is 173 Å². The van der Waals surface area contributed by atoms with Gasteiger partial charge in [0.2, 0.25) is 0 Å². The Hall–Kier alpha value is -0.410. The van der Waals surface area contributed by atoms with Crippen molar-refractivity contribution in [2.75, 3.05) is 32.8 Å². The van der Waals surface area contributed by atoms with Crippen molar-refractivity contribution < 1.29 is 9.53 Å². The largest absolute Gasteiger partial charge is 0.379 e. The molecule has 0 amide bonds. The summed E-state index contributed by atoms with van der Waals surface area (Å²) in [6, 6.07) is 0. The molecule has 0 spiro atoms. The van der Waals surface area contributed by atoms with E-state index in [-0.39, 0.29) is 5.41 Å². The fourth-order valence-corrected chi connectivity index (χ4v) is 8.14. The fraction of sp³-hybridized carbons (Fsp3) is 0.960. The van der Waals surface area contributed by atoms with Crippen LogP contribution >= 0.6 is 0 Å². The van der Waals surface area contributed by atoms with Gasteiger partial charge in [0.05, 0.1) is 19.8 Å². The maximum Gasteiger partial charge on any atom is 0.150 e. The maximum atomic E-state index is 13.3. The minimum absolute atomic E-state index is 0.278. The zero-order valence-corrected chi connectivity index (χ0v) is 18.6. The van der Waals surface area contributed by atoms with E-state index < -0.39 is 0 Å². The van der Waals surface area contributed by atoms with Crippen molar-refractivity contribution in [1.82, 2.24) is 4.90 Å². The molecule has 0 aromatic carbocycles. The molecule has 3 saturated carbocycles. The Morgan fingerprint density at radius 1 is 1.04 bits per heavy atom. The SMILES string of the molecule is CCCC1C(CC)CCC2C1CCC1(C)C(C(=O)CN3CCOCC3)CCC21. The minimum atomic E-state index is 0.278. The van der Waals surface area contributed by atoms with Gasteiger partial charge in [-0.15, -0.1) is 0 Å². The summed E-state index contributed by atoms with van der Waals surface area (Å²) in [6.07, 6.45) is 12.2. The van der Waals surface area contributed by atoms with Gasteiger partial charge in [0.1, 0.15) is 5.78 Å². The van der Waals surface area contributed by atoms with Crippen LogP contribution in [0, 0.1) is 40.9 Å². The van der Waals surface area contributed by atoms with Crippen molar-refractivity contribution in [3.05, 3.63) is 0 Å². The van der Waals surface area contributed by atoms with E-state index in [1.165, 1.54) is 51.4 Å². The van der Waals surface area contributed by atoms with E-state index in [4.69, 9.17) is 4.74 Å². The highest BCUT2D eigenvalue weighted by Crippen LogP contribution is 2.63. The van der Waals surface area contributed by atoms with Crippen LogP contribution in [0.3, 0.4) is 0 Å². The first-order valence-electron chi connectivity index (χ1n) is 12.4. The lowest BCUT2D eigenvalue weighted by Crippen LogP contribution is -2.49. The van der Waals surface area contributed by atoms with Gasteiger partial charge in [-0.05, 0) is 73.5 Å². The molecule has 3 heteroatoms. The van der Waals surface area contributed by atoms with E-state index in [1.54, 1.807) is 0 Å². The predicted molar refractivity (Wildman–Crippen MR) is 114 cm³/mol. The van der Waals surface area contributed by atoms with Crippen LogP contribution in [0.15, 0.2) is 0 Å². The number of morpholine rings is 1. The standard InChI is InChI=1S/C25H43NO2/c1-4-6-19-18(5-2)7-8-21-20(19)11-12-25(3)22(21)9-10-23(25)24(27)17-26-13-15-28-16-14-26/h18-23H,4-17H2,1-3H3. The molecule has 160 valence electrons. The van der Waals surface area contributed by atoms with Gasteiger partial charge in [-0.25, -0.2) is 0 Å². The number of carbonyl (C=O) groups excluding carboxylic acids is 1. The van der Waals surface area contributed by atoms with Crippen molar-refractivity contribution in [2.45, 2.75) is 78.6 Å². The van der Waals surface area contributed by atoms with Crippen LogP contribution in [0.4, 0.5) is 0 Å². The van der Waals surface area contributed by atoms with E-state index in [2.05, 4.69) is 25.7 Å². The van der Waals surface area contributed by atoms with Crippen LogP contribution in [-0.2, 0) is 9.53 Å². The van der Waals surface area contributed by atoms with E-state index in [0.29, 0.717) is 18.2 Å². The highest BCUT2D eigenvalue weighted by molar-refractivity contribution is 5.84. The molecule has 7 unspecified atom stereocenters. The second-order valence-corrected chi connectivity index (χ2v) is 10.7. The number of fused-ring (bicyclic) bond motifs is 3. The Morgan fingerprint density at radius 2 is 1.82 bits per heavy atom. The van der Waals surface area contributed by atoms with Crippen LogP contribution in [0.5, 0.6) is 0 Å². The number of rotatable bonds is 6. The van der Waals surface area contributed by atoms with Gasteiger partial charge in [0, 0.05) is 19.0 Å². The maximum absolute atomic E-state index is 13.3. The molecule has 0 bridgehead atoms. The topological polar surface area (TPSA) is 29.5 Å². The molecule has 4 rings (SSSR count). The number of carbonyl (C=O) groups is 1. The minimum Gasteiger partial charge on any atom is -0.379 e. The highest BCUT2D eigenvalue weighted by atomic mass is 16.5. The number of ether oxygens (including phenoxy) is 1. The lowest BCUT2D eigenvalue weighted by atomic mass is 9.50. The zero-order valence-electron chi connectivity index (χ0n) is 18.6. The summed E-state index contributed by atoms with van der Waals surface area (Å²) in [5.74, 6) is 5.44. The molecule has 1 saturated heterocycles. The number of nitrogens with zero attached hydrogens (tertiary/aromatic N) is 1. The molecule has 7 atom stereocenters. The van der Waals surface area contributed by atoms with E-state index in [9.17, 15) is 4.79 Å². The summed E-state index contributed by atoms with van der Waals surface area (Å²) in [4.78, 5) is 15.6. The smallest absolute Gasteiger partial charge is 0.150 e. The molecule has 1 heterocycles. The quantitative estimate of drug-likeness (QED) is 0.627. The Morgan fingerprint density at radius 3 is 2.54 bits per heavy atom. The Bertz CT molecular complexity index is 543. The third kappa shape index (κ3) is 3.71. The summed E-state index contributed by atoms with van der Waals surface area (Å²) >= 11 is 0. The Balaban J connectivity index is 1.46. The van der Waals surface area contributed by atoms with Crippen molar-refractivity contribution in [1.29, 1.82) is 0 Å². The average molecular weight is 390 g/mol. The lowest BCUT2D eigenvalue weighted by molar-refractivity contribution is -0.132. The molecule has 4 fully saturated rings. The molecule has 3 aliphatic carbocycles. The normalized spacial score (nSPS) is 44.1. The molecule has 0 N–H and O–H groups in total. The molecule has 0 radical (unpaired) electrons. The van der Waals surface area contributed by atoms with Crippen LogP contribution in [0.25, 0.3) is 0 Å². The first-order valence-corrected chi connectivity index (χ1v) is 12.4. The molecule has 3 nitrogen and oxygen atoms in total. The first kappa shape index (κ1) is 20.8. The van der Waals surface area contributed by atoms with Crippen LogP contribution < -0.4 is 0 Å². The van der Waals surface area contributed by atoms with E-state index in [0.717, 1.165) is 62.3 Å². The summed E-state index contributed by atoms with van der Waals surface area (Å²) in [6.45, 7) is 11.4. The number of hydrogen-bond donors (Lipinski definition) is 0. The molecule has 4 aliphatic rings. The first-order chi connectivity index (χ1) is 13.6. The monoisotopic (exact) mass is 389 g/mol. The van der Waals surface area contributed by atoms with E-state index >= 15 is 0 Å².